The molecule has 1 aromatic carbocycles. The average molecular weight is 353 g/mol. The molecule has 0 aliphatic carbocycles. The molecule has 3 nitrogen and oxygen atoms in total. The van der Waals surface area contributed by atoms with E-state index in [1.54, 1.807) is 6.07 Å². The molecule has 1 aromatic rings. The first kappa shape index (κ1) is 18.8. The van der Waals surface area contributed by atoms with Gasteiger partial charge >= 0.3 is 12.4 Å². The molecule has 0 radical (unpaired) electrons. The molecule has 0 aliphatic heterocycles. The van der Waals surface area contributed by atoms with Crippen molar-refractivity contribution in [3.8, 4) is 6.07 Å². The van der Waals surface area contributed by atoms with Crippen LogP contribution in [-0.2, 0) is 12.4 Å². The number of nitrogens with one attached hydrogen (secondary N) is 1. The van der Waals surface area contributed by atoms with E-state index >= 15 is 0 Å². The average Bonchev–Trinajstić information content (AvgIpc) is 2.36. The smallest absolute Gasteiger partial charge is 0.401 e. The molecule has 1 rings (SSSR count). The summed E-state index contributed by atoms with van der Waals surface area (Å²) < 4.78 is 76.3. The van der Waals surface area contributed by atoms with Gasteiger partial charge in [0, 0.05) is 11.4 Å². The molecule has 0 heterocycles. The van der Waals surface area contributed by atoms with Gasteiger partial charge in [-0.25, -0.2) is 0 Å². The van der Waals surface area contributed by atoms with E-state index in [2.05, 4.69) is 5.32 Å². The first-order valence-electron chi connectivity index (χ1n) is 5.83. The molecule has 3 N–H and O–H groups in total. The Kier molecular flexibility index (Phi) is 5.27. The van der Waals surface area contributed by atoms with E-state index in [0.717, 1.165) is 0 Å². The van der Waals surface area contributed by atoms with Crippen molar-refractivity contribution in [2.24, 2.45) is 5.73 Å². The largest absolute Gasteiger partial charge is 0.416 e. The van der Waals surface area contributed by atoms with Crippen molar-refractivity contribution in [3.63, 3.8) is 0 Å². The molecule has 0 spiro atoms. The Balaban J connectivity index is 3.35. The highest BCUT2D eigenvalue weighted by Gasteiger charge is 2.37. The second-order valence-electron chi connectivity index (χ2n) is 4.42. The molecule has 10 heteroatoms. The molecule has 0 atom stereocenters. The zero-order valence-electron chi connectivity index (χ0n) is 11.4. The third-order valence-corrected chi connectivity index (χ3v) is 2.88. The van der Waals surface area contributed by atoms with Gasteiger partial charge in [0.1, 0.15) is 16.6 Å². The maximum atomic E-state index is 12.7. The molecule has 0 saturated carbocycles. The quantitative estimate of drug-likeness (QED) is 0.362. The minimum atomic E-state index is -4.98. The van der Waals surface area contributed by atoms with Crippen molar-refractivity contribution in [3.05, 3.63) is 40.6 Å². The van der Waals surface area contributed by atoms with Crippen LogP contribution in [0.5, 0.6) is 0 Å². The maximum absolute atomic E-state index is 12.7. The number of allylic oxidation sites excluding steroid dienone is 1. The molecule has 0 bridgehead atoms. The summed E-state index contributed by atoms with van der Waals surface area (Å²) in [6.45, 7) is 1.32. The second-order valence-corrected chi connectivity index (χ2v) is 4.83. The van der Waals surface area contributed by atoms with E-state index in [1.165, 1.54) is 6.92 Å². The number of nitriles is 1. The Bertz CT molecular complexity index is 661. The zero-order chi connectivity index (χ0) is 18.0. The lowest BCUT2D eigenvalue weighted by Gasteiger charge is -2.15. The van der Waals surface area contributed by atoms with E-state index in [1.807, 2.05) is 0 Å². The lowest BCUT2D eigenvalue weighted by Crippen LogP contribution is -2.17. The van der Waals surface area contributed by atoms with Crippen LogP contribution in [-0.4, -0.2) is 4.99 Å². The summed E-state index contributed by atoms with van der Waals surface area (Å²) in [5.41, 5.74) is 1.56. The number of halogens is 6. The van der Waals surface area contributed by atoms with Gasteiger partial charge in [0.2, 0.25) is 0 Å². The van der Waals surface area contributed by atoms with E-state index in [9.17, 15) is 26.3 Å². The van der Waals surface area contributed by atoms with Crippen LogP contribution in [0.15, 0.2) is 29.5 Å². The van der Waals surface area contributed by atoms with Crippen LogP contribution in [0.1, 0.15) is 18.1 Å². The van der Waals surface area contributed by atoms with Crippen molar-refractivity contribution in [1.29, 1.82) is 5.26 Å². The number of hydrogen-bond acceptors (Lipinski definition) is 3. The number of nitrogens with zero attached hydrogens (tertiary/aromatic N) is 1. The van der Waals surface area contributed by atoms with Crippen molar-refractivity contribution >= 4 is 22.9 Å². The lowest BCUT2D eigenvalue weighted by atomic mass is 10.1. The summed E-state index contributed by atoms with van der Waals surface area (Å²) in [4.78, 5) is -0.375. The summed E-state index contributed by atoms with van der Waals surface area (Å²) in [6, 6.07) is 2.53. The van der Waals surface area contributed by atoms with Gasteiger partial charge in [-0.15, -0.1) is 0 Å². The van der Waals surface area contributed by atoms with E-state index in [-0.39, 0.29) is 22.3 Å². The summed E-state index contributed by atoms with van der Waals surface area (Å²) in [6.07, 6.45) is -9.95. The standard InChI is InChI=1S/C13H9F6N3S/c1-6(21)10(5-20)11(23)22-9-3-7(12(14,15)16)2-8(4-9)13(17,18)19/h2-4H,21H2,1H3,(H,22,23)/b10-6-. The molecule has 0 saturated heterocycles. The van der Waals surface area contributed by atoms with Gasteiger partial charge < -0.3 is 11.1 Å². The zero-order valence-corrected chi connectivity index (χ0v) is 12.2. The van der Waals surface area contributed by atoms with Gasteiger partial charge in [-0.3, -0.25) is 0 Å². The summed E-state index contributed by atoms with van der Waals surface area (Å²) >= 11 is 4.77. The maximum Gasteiger partial charge on any atom is 0.416 e. The molecule has 0 fully saturated rings. The molecular weight excluding hydrogens is 344 g/mol. The fourth-order valence-corrected chi connectivity index (χ4v) is 1.86. The highest BCUT2D eigenvalue weighted by atomic mass is 32.1. The van der Waals surface area contributed by atoms with E-state index in [0.29, 0.717) is 12.1 Å². The number of thiocarbonyl (C=S) groups is 1. The van der Waals surface area contributed by atoms with Crippen LogP contribution in [0.2, 0.25) is 0 Å². The van der Waals surface area contributed by atoms with Crippen LogP contribution in [0.4, 0.5) is 32.0 Å². The van der Waals surface area contributed by atoms with Crippen molar-refractivity contribution < 1.29 is 26.3 Å². The minimum absolute atomic E-state index is 0.0105. The summed E-state index contributed by atoms with van der Waals surface area (Å²) in [5.74, 6) is 0. The lowest BCUT2D eigenvalue weighted by molar-refractivity contribution is -0.143. The van der Waals surface area contributed by atoms with Gasteiger partial charge in [0.05, 0.1) is 11.1 Å². The molecule has 0 unspecified atom stereocenters. The van der Waals surface area contributed by atoms with Crippen LogP contribution in [0.3, 0.4) is 0 Å². The van der Waals surface area contributed by atoms with Crippen LogP contribution < -0.4 is 11.1 Å². The topological polar surface area (TPSA) is 61.8 Å². The molecule has 0 aliphatic rings. The van der Waals surface area contributed by atoms with Crippen molar-refractivity contribution in [1.82, 2.24) is 0 Å². The molecular formula is C13H9F6N3S. The van der Waals surface area contributed by atoms with Crippen LogP contribution in [0.25, 0.3) is 0 Å². The predicted octanol–water partition coefficient (Wildman–Crippen LogP) is 4.22. The van der Waals surface area contributed by atoms with Gasteiger partial charge in [0.15, 0.2) is 0 Å². The van der Waals surface area contributed by atoms with E-state index < -0.39 is 29.2 Å². The second kappa shape index (κ2) is 6.45. The van der Waals surface area contributed by atoms with Crippen LogP contribution in [0, 0.1) is 11.3 Å². The number of hydrogen-bond donors (Lipinski definition) is 2. The van der Waals surface area contributed by atoms with Crippen molar-refractivity contribution in [2.75, 3.05) is 5.32 Å². The number of nitrogens with two attached hydrogens (primary N) is 1. The Hall–Kier alpha value is -2.28. The number of rotatable bonds is 2. The Labute approximate surface area is 132 Å². The highest BCUT2D eigenvalue weighted by Crippen LogP contribution is 2.37. The Morgan fingerprint density at radius 1 is 1.09 bits per heavy atom. The van der Waals surface area contributed by atoms with Gasteiger partial charge in [-0.1, -0.05) is 12.2 Å². The molecule has 124 valence electrons. The summed E-state index contributed by atoms with van der Waals surface area (Å²) in [5, 5.41) is 11.0. The normalized spacial score (nSPS) is 13.1. The number of alkyl halides is 6. The van der Waals surface area contributed by atoms with Crippen molar-refractivity contribution in [2.45, 2.75) is 19.3 Å². The van der Waals surface area contributed by atoms with E-state index in [4.69, 9.17) is 23.2 Å². The predicted molar refractivity (Wildman–Crippen MR) is 75.2 cm³/mol. The molecule has 23 heavy (non-hydrogen) atoms. The minimum Gasteiger partial charge on any atom is -0.401 e. The monoisotopic (exact) mass is 353 g/mol. The number of benzene rings is 1. The third-order valence-electron chi connectivity index (χ3n) is 2.58. The van der Waals surface area contributed by atoms with Gasteiger partial charge in [-0.2, -0.15) is 31.6 Å². The highest BCUT2D eigenvalue weighted by molar-refractivity contribution is 7.81. The first-order valence-corrected chi connectivity index (χ1v) is 6.24. The molecule has 0 amide bonds. The number of anilines is 1. The fraction of sp³-hybridized carbons (Fsp3) is 0.231. The third kappa shape index (κ3) is 4.85. The fourth-order valence-electron chi connectivity index (χ4n) is 1.54. The Morgan fingerprint density at radius 2 is 1.52 bits per heavy atom. The molecule has 0 aromatic heterocycles. The van der Waals surface area contributed by atoms with Crippen LogP contribution >= 0.6 is 12.2 Å². The van der Waals surface area contributed by atoms with Gasteiger partial charge in [-0.05, 0) is 25.1 Å². The Morgan fingerprint density at radius 3 is 1.83 bits per heavy atom. The SMILES string of the molecule is C/C(N)=C(\C#N)C(=S)Nc1cc(C(F)(F)F)cc(C(F)(F)F)c1. The summed E-state index contributed by atoms with van der Waals surface area (Å²) in [7, 11) is 0. The first-order chi connectivity index (χ1) is 10.4. The van der Waals surface area contributed by atoms with Gasteiger partial charge in [0.25, 0.3) is 0 Å².